The summed E-state index contributed by atoms with van der Waals surface area (Å²) in [4.78, 5) is 0. The van der Waals surface area contributed by atoms with Gasteiger partial charge in [-0.3, -0.25) is 0 Å². The third-order valence-electron chi connectivity index (χ3n) is 2.79. The number of halogens is 1. The number of hydrogen-bond acceptors (Lipinski definition) is 4. The van der Waals surface area contributed by atoms with Crippen LogP contribution in [-0.4, -0.2) is 46.0 Å². The van der Waals surface area contributed by atoms with E-state index in [0.29, 0.717) is 26.4 Å². The van der Waals surface area contributed by atoms with E-state index in [1.54, 1.807) is 14.2 Å². The van der Waals surface area contributed by atoms with E-state index < -0.39 is 0 Å². The molecule has 1 aromatic rings. The first-order valence-corrected chi connectivity index (χ1v) is 7.82. The second kappa shape index (κ2) is 11.1. The highest BCUT2D eigenvalue weighted by molar-refractivity contribution is 9.09. The minimum absolute atomic E-state index is 0.0316. The van der Waals surface area contributed by atoms with Gasteiger partial charge >= 0.3 is 0 Å². The van der Waals surface area contributed by atoms with E-state index in [1.807, 2.05) is 24.3 Å². The smallest absolute Gasteiger partial charge is 0.119 e. The summed E-state index contributed by atoms with van der Waals surface area (Å²) in [6.45, 7) is 2.62. The number of alkyl halides is 1. The maximum Gasteiger partial charge on any atom is 0.119 e. The Bertz CT molecular complexity index is 359. The van der Waals surface area contributed by atoms with Gasteiger partial charge in [-0.2, -0.15) is 0 Å². The van der Waals surface area contributed by atoms with Gasteiger partial charge in [-0.1, -0.05) is 28.1 Å². The van der Waals surface area contributed by atoms with Gasteiger partial charge in [0.15, 0.2) is 0 Å². The summed E-state index contributed by atoms with van der Waals surface area (Å²) in [5.74, 6) is 0.847. The lowest BCUT2D eigenvalue weighted by Crippen LogP contribution is -2.10. The Morgan fingerprint density at radius 2 is 1.95 bits per heavy atom. The summed E-state index contributed by atoms with van der Waals surface area (Å²) in [5.41, 5.74) is 1.11. The molecule has 0 bridgehead atoms. The zero-order valence-electron chi connectivity index (χ0n) is 12.1. The summed E-state index contributed by atoms with van der Waals surface area (Å²) in [5, 5.41) is 0.755. The average molecular weight is 347 g/mol. The van der Waals surface area contributed by atoms with Crippen molar-refractivity contribution in [2.45, 2.75) is 12.5 Å². The van der Waals surface area contributed by atoms with E-state index in [9.17, 15) is 0 Å². The molecule has 114 valence electrons. The highest BCUT2D eigenvalue weighted by atomic mass is 79.9. The molecule has 0 aliphatic carbocycles. The Morgan fingerprint density at radius 1 is 1.10 bits per heavy atom. The van der Waals surface area contributed by atoms with Crippen molar-refractivity contribution in [3.05, 3.63) is 29.8 Å². The van der Waals surface area contributed by atoms with Crippen molar-refractivity contribution < 1.29 is 18.9 Å². The number of methoxy groups -OCH3 is 2. The van der Waals surface area contributed by atoms with Crippen LogP contribution in [0.5, 0.6) is 5.75 Å². The van der Waals surface area contributed by atoms with Crippen molar-refractivity contribution in [3.63, 3.8) is 0 Å². The van der Waals surface area contributed by atoms with Gasteiger partial charge in [0, 0.05) is 25.7 Å². The largest absolute Gasteiger partial charge is 0.497 e. The fourth-order valence-electron chi connectivity index (χ4n) is 1.70. The number of ether oxygens (including phenoxy) is 4. The molecule has 0 saturated carbocycles. The molecule has 0 saturated heterocycles. The van der Waals surface area contributed by atoms with Crippen molar-refractivity contribution in [1.29, 1.82) is 0 Å². The molecule has 1 aromatic carbocycles. The lowest BCUT2D eigenvalue weighted by molar-refractivity contribution is 0.0315. The van der Waals surface area contributed by atoms with Gasteiger partial charge in [-0.15, -0.1) is 0 Å². The first kappa shape index (κ1) is 17.4. The molecule has 5 heteroatoms. The van der Waals surface area contributed by atoms with Crippen LogP contribution in [0.3, 0.4) is 0 Å². The van der Waals surface area contributed by atoms with Gasteiger partial charge in [0.25, 0.3) is 0 Å². The second-order valence-electron chi connectivity index (χ2n) is 4.25. The second-order valence-corrected chi connectivity index (χ2v) is 4.90. The van der Waals surface area contributed by atoms with E-state index in [-0.39, 0.29) is 6.10 Å². The first-order valence-electron chi connectivity index (χ1n) is 6.70. The van der Waals surface area contributed by atoms with Crippen molar-refractivity contribution >= 4 is 15.9 Å². The highest BCUT2D eigenvalue weighted by Gasteiger charge is 2.11. The van der Waals surface area contributed by atoms with E-state index in [1.165, 1.54) is 0 Å². The molecule has 1 unspecified atom stereocenters. The Morgan fingerprint density at radius 3 is 2.65 bits per heavy atom. The van der Waals surface area contributed by atoms with Crippen LogP contribution in [-0.2, 0) is 14.2 Å². The molecule has 0 aliphatic rings. The summed E-state index contributed by atoms with van der Waals surface area (Å²) < 4.78 is 21.4. The van der Waals surface area contributed by atoms with E-state index in [2.05, 4.69) is 15.9 Å². The van der Waals surface area contributed by atoms with Gasteiger partial charge in [0.1, 0.15) is 5.75 Å². The minimum atomic E-state index is 0.0316. The van der Waals surface area contributed by atoms with Crippen molar-refractivity contribution in [2.75, 3.05) is 46.0 Å². The number of benzene rings is 1. The van der Waals surface area contributed by atoms with Crippen LogP contribution in [0.25, 0.3) is 0 Å². The predicted molar refractivity (Wildman–Crippen MR) is 82.8 cm³/mol. The minimum Gasteiger partial charge on any atom is -0.497 e. The Hall–Kier alpha value is -0.620. The van der Waals surface area contributed by atoms with Crippen molar-refractivity contribution in [3.8, 4) is 5.75 Å². The average Bonchev–Trinajstić information content (AvgIpc) is 2.50. The lowest BCUT2D eigenvalue weighted by atomic mass is 10.1. The zero-order chi connectivity index (χ0) is 14.6. The number of rotatable bonds is 11. The summed E-state index contributed by atoms with van der Waals surface area (Å²) in [6, 6.07) is 7.95. The van der Waals surface area contributed by atoms with Crippen LogP contribution < -0.4 is 4.74 Å². The number of hydrogen-bond donors (Lipinski definition) is 0. The zero-order valence-corrected chi connectivity index (χ0v) is 13.7. The standard InChI is InChI=1S/C15H23BrO4/c1-17-9-10-19-7-4-8-20-15(12-16)13-5-3-6-14(11-13)18-2/h3,5-6,11,15H,4,7-10,12H2,1-2H3. The van der Waals surface area contributed by atoms with Crippen molar-refractivity contribution in [1.82, 2.24) is 0 Å². The Labute approximate surface area is 129 Å². The molecule has 0 fully saturated rings. The molecule has 0 aromatic heterocycles. The van der Waals surface area contributed by atoms with Crippen LogP contribution in [0.1, 0.15) is 18.1 Å². The maximum absolute atomic E-state index is 5.87. The fourth-order valence-corrected chi connectivity index (χ4v) is 2.26. The van der Waals surface area contributed by atoms with Crippen LogP contribution in [0.15, 0.2) is 24.3 Å². The summed E-state index contributed by atoms with van der Waals surface area (Å²) >= 11 is 3.49. The predicted octanol–water partition coefficient (Wildman–Crippen LogP) is 3.20. The summed E-state index contributed by atoms with van der Waals surface area (Å²) in [7, 11) is 3.33. The third kappa shape index (κ3) is 6.70. The lowest BCUT2D eigenvalue weighted by Gasteiger charge is -2.16. The molecule has 20 heavy (non-hydrogen) atoms. The normalized spacial score (nSPS) is 12.3. The SMILES string of the molecule is COCCOCCCOC(CBr)c1cccc(OC)c1. The maximum atomic E-state index is 5.87. The molecule has 0 aliphatic heterocycles. The van der Waals surface area contributed by atoms with Crippen LogP contribution >= 0.6 is 15.9 Å². The molecule has 0 spiro atoms. The van der Waals surface area contributed by atoms with Gasteiger partial charge in [-0.05, 0) is 24.1 Å². The molecule has 1 atom stereocenters. The van der Waals surface area contributed by atoms with Crippen LogP contribution in [0.2, 0.25) is 0 Å². The molecule has 1 rings (SSSR count). The van der Waals surface area contributed by atoms with Crippen molar-refractivity contribution in [2.24, 2.45) is 0 Å². The quantitative estimate of drug-likeness (QED) is 0.455. The fraction of sp³-hybridized carbons (Fsp3) is 0.600. The molecule has 0 N–H and O–H groups in total. The molecular weight excluding hydrogens is 324 g/mol. The molecule has 0 amide bonds. The van der Waals surface area contributed by atoms with Crippen LogP contribution in [0.4, 0.5) is 0 Å². The monoisotopic (exact) mass is 346 g/mol. The molecule has 0 radical (unpaired) electrons. The Balaban J connectivity index is 2.28. The molecular formula is C15H23BrO4. The van der Waals surface area contributed by atoms with E-state index in [4.69, 9.17) is 18.9 Å². The first-order chi connectivity index (χ1) is 9.81. The highest BCUT2D eigenvalue weighted by Crippen LogP contribution is 2.23. The summed E-state index contributed by atoms with van der Waals surface area (Å²) in [6.07, 6.45) is 0.904. The van der Waals surface area contributed by atoms with Gasteiger partial charge < -0.3 is 18.9 Å². The van der Waals surface area contributed by atoms with E-state index in [0.717, 1.165) is 23.1 Å². The van der Waals surface area contributed by atoms with Gasteiger partial charge in [-0.25, -0.2) is 0 Å². The molecule has 4 nitrogen and oxygen atoms in total. The Kier molecular flexibility index (Phi) is 9.66. The topological polar surface area (TPSA) is 36.9 Å². The third-order valence-corrected chi connectivity index (χ3v) is 3.38. The van der Waals surface area contributed by atoms with Gasteiger partial charge in [0.05, 0.1) is 26.4 Å². The van der Waals surface area contributed by atoms with Crippen LogP contribution in [0, 0.1) is 0 Å². The van der Waals surface area contributed by atoms with Gasteiger partial charge in [0.2, 0.25) is 0 Å². The van der Waals surface area contributed by atoms with E-state index >= 15 is 0 Å². The molecule has 0 heterocycles.